The second-order valence-electron chi connectivity index (χ2n) is 6.71. The lowest BCUT2D eigenvalue weighted by Gasteiger charge is -2.16. The summed E-state index contributed by atoms with van der Waals surface area (Å²) in [6, 6.07) is 13.0. The average Bonchev–Trinajstić information content (AvgIpc) is 3.04. The molecule has 1 atom stereocenters. The third-order valence-corrected chi connectivity index (χ3v) is 5.79. The van der Waals surface area contributed by atoms with E-state index in [1.165, 1.54) is 17.3 Å². The zero-order valence-electron chi connectivity index (χ0n) is 16.8. The molecule has 1 unspecified atom stereocenters. The molecule has 0 saturated carbocycles. The van der Waals surface area contributed by atoms with Crippen molar-refractivity contribution < 1.29 is 9.53 Å². The summed E-state index contributed by atoms with van der Waals surface area (Å²) in [5, 5.41) is 12.5. The highest BCUT2D eigenvalue weighted by atomic mass is 35.5. The Morgan fingerprint density at radius 3 is 2.76 bits per heavy atom. The van der Waals surface area contributed by atoms with E-state index in [1.54, 1.807) is 24.3 Å². The van der Waals surface area contributed by atoms with Crippen LogP contribution in [0.1, 0.15) is 30.0 Å². The molecule has 2 aromatic carbocycles. The molecule has 0 aliphatic carbocycles. The van der Waals surface area contributed by atoms with Crippen molar-refractivity contribution in [2.75, 3.05) is 11.1 Å². The highest BCUT2D eigenvalue weighted by Gasteiger charge is 2.19. The van der Waals surface area contributed by atoms with Crippen molar-refractivity contribution >= 4 is 35.0 Å². The molecule has 8 heteroatoms. The minimum absolute atomic E-state index is 0.137. The van der Waals surface area contributed by atoms with Crippen LogP contribution in [0.2, 0.25) is 5.02 Å². The second-order valence-corrected chi connectivity index (χ2v) is 8.08. The molecule has 0 fully saturated rings. The first-order chi connectivity index (χ1) is 13.8. The van der Waals surface area contributed by atoms with Crippen LogP contribution in [-0.4, -0.2) is 26.4 Å². The van der Waals surface area contributed by atoms with Gasteiger partial charge in [0, 0.05) is 17.8 Å². The van der Waals surface area contributed by atoms with E-state index in [0.29, 0.717) is 21.7 Å². The first kappa shape index (κ1) is 21.2. The second kappa shape index (κ2) is 9.33. The number of carbonyl (C=O) groups excluding carboxylic acids is 1. The zero-order chi connectivity index (χ0) is 21.0. The fourth-order valence-electron chi connectivity index (χ4n) is 2.79. The van der Waals surface area contributed by atoms with E-state index in [2.05, 4.69) is 28.5 Å². The number of amides is 1. The molecule has 0 spiro atoms. The topological polar surface area (TPSA) is 69.0 Å². The van der Waals surface area contributed by atoms with Crippen LogP contribution in [-0.2, 0) is 11.8 Å². The molecule has 3 rings (SSSR count). The van der Waals surface area contributed by atoms with Crippen molar-refractivity contribution in [2.45, 2.75) is 32.0 Å². The summed E-state index contributed by atoms with van der Waals surface area (Å²) in [7, 11) is 1.87. The average molecular weight is 431 g/mol. The first-order valence-corrected chi connectivity index (χ1v) is 10.5. The van der Waals surface area contributed by atoms with E-state index in [-0.39, 0.29) is 17.8 Å². The number of hydrogen-bond acceptors (Lipinski definition) is 5. The number of nitrogens with one attached hydrogen (secondary N) is 1. The largest absolute Gasteiger partial charge is 0.482 e. The van der Waals surface area contributed by atoms with Crippen LogP contribution in [0.4, 0.5) is 5.69 Å². The zero-order valence-corrected chi connectivity index (χ0v) is 18.3. The molecule has 29 heavy (non-hydrogen) atoms. The molecular weight excluding hydrogens is 408 g/mol. The molecule has 0 aliphatic heterocycles. The van der Waals surface area contributed by atoms with E-state index < -0.39 is 0 Å². The van der Waals surface area contributed by atoms with E-state index in [4.69, 9.17) is 16.3 Å². The fraction of sp³-hybridized carbons (Fsp3) is 0.286. The third-order valence-electron chi connectivity index (χ3n) is 4.53. The number of carbonyl (C=O) groups is 1. The van der Waals surface area contributed by atoms with E-state index in [9.17, 15) is 4.79 Å². The van der Waals surface area contributed by atoms with Crippen molar-refractivity contribution in [3.63, 3.8) is 0 Å². The lowest BCUT2D eigenvalue weighted by Crippen LogP contribution is -2.15. The van der Waals surface area contributed by atoms with Gasteiger partial charge in [0.05, 0.1) is 5.75 Å². The van der Waals surface area contributed by atoms with Gasteiger partial charge in [-0.1, -0.05) is 41.6 Å². The van der Waals surface area contributed by atoms with Gasteiger partial charge in [0.15, 0.2) is 17.1 Å². The predicted octanol–water partition coefficient (Wildman–Crippen LogP) is 4.96. The van der Waals surface area contributed by atoms with Crippen LogP contribution in [0.25, 0.3) is 0 Å². The molecule has 1 amide bonds. The van der Waals surface area contributed by atoms with E-state index in [0.717, 1.165) is 11.3 Å². The van der Waals surface area contributed by atoms with Gasteiger partial charge in [0.2, 0.25) is 5.91 Å². The number of thioether (sulfide) groups is 1. The Bertz CT molecular complexity index is 1020. The lowest BCUT2D eigenvalue weighted by molar-refractivity contribution is -0.113. The van der Waals surface area contributed by atoms with Gasteiger partial charge in [-0.3, -0.25) is 4.79 Å². The van der Waals surface area contributed by atoms with Gasteiger partial charge in [-0.2, -0.15) is 0 Å². The van der Waals surface area contributed by atoms with Gasteiger partial charge in [-0.15, -0.1) is 10.2 Å². The Kier molecular flexibility index (Phi) is 6.82. The number of hydrogen-bond donors (Lipinski definition) is 1. The number of benzene rings is 2. The normalized spacial score (nSPS) is 11.9. The number of halogens is 1. The molecule has 0 bridgehead atoms. The Hall–Kier alpha value is -2.51. The Morgan fingerprint density at radius 1 is 1.24 bits per heavy atom. The molecule has 1 aromatic heterocycles. The first-order valence-electron chi connectivity index (χ1n) is 9.15. The number of aryl methyl sites for hydroxylation is 1. The summed E-state index contributed by atoms with van der Waals surface area (Å²) in [6.07, 6.45) is -0.275. The maximum absolute atomic E-state index is 12.2. The predicted molar refractivity (Wildman–Crippen MR) is 117 cm³/mol. The van der Waals surface area contributed by atoms with Crippen LogP contribution in [0.5, 0.6) is 5.75 Å². The van der Waals surface area contributed by atoms with E-state index >= 15 is 0 Å². The van der Waals surface area contributed by atoms with Crippen molar-refractivity contribution in [3.05, 3.63) is 64.4 Å². The standard InChI is InChI=1S/C21H23ClN4O2S/c1-13-7-5-10-18(14(13)2)28-15(3)20-24-25-21(26(20)4)29-12-19(27)23-17-9-6-8-16(22)11-17/h5-11,15H,12H2,1-4H3,(H,23,27). The van der Waals surface area contributed by atoms with Gasteiger partial charge < -0.3 is 14.6 Å². The van der Waals surface area contributed by atoms with Crippen LogP contribution >= 0.6 is 23.4 Å². The molecule has 0 aliphatic rings. The molecule has 0 radical (unpaired) electrons. The third kappa shape index (κ3) is 5.31. The van der Waals surface area contributed by atoms with Crippen molar-refractivity contribution in [1.29, 1.82) is 0 Å². The monoisotopic (exact) mass is 430 g/mol. The highest BCUT2D eigenvalue weighted by Crippen LogP contribution is 2.27. The highest BCUT2D eigenvalue weighted by molar-refractivity contribution is 7.99. The van der Waals surface area contributed by atoms with Crippen LogP contribution in [0, 0.1) is 13.8 Å². The van der Waals surface area contributed by atoms with Crippen LogP contribution in [0.15, 0.2) is 47.6 Å². The smallest absolute Gasteiger partial charge is 0.234 e. The van der Waals surface area contributed by atoms with Crippen LogP contribution < -0.4 is 10.1 Å². The number of anilines is 1. The van der Waals surface area contributed by atoms with Crippen molar-refractivity contribution in [2.24, 2.45) is 7.05 Å². The summed E-state index contributed by atoms with van der Waals surface area (Å²) in [6.45, 7) is 6.03. The summed E-state index contributed by atoms with van der Waals surface area (Å²) < 4.78 is 7.95. The molecule has 3 aromatic rings. The van der Waals surface area contributed by atoms with E-state index in [1.807, 2.05) is 37.6 Å². The molecule has 6 nitrogen and oxygen atoms in total. The van der Waals surface area contributed by atoms with Crippen molar-refractivity contribution in [3.8, 4) is 5.75 Å². The summed E-state index contributed by atoms with van der Waals surface area (Å²) in [5.74, 6) is 1.60. The van der Waals surface area contributed by atoms with Gasteiger partial charge in [-0.25, -0.2) is 0 Å². The lowest BCUT2D eigenvalue weighted by atomic mass is 10.1. The maximum Gasteiger partial charge on any atom is 0.234 e. The Labute approximate surface area is 179 Å². The maximum atomic E-state index is 12.2. The SMILES string of the molecule is Cc1cccc(OC(C)c2nnc(SCC(=O)Nc3cccc(Cl)c3)n2C)c1C. The number of nitrogens with zero attached hydrogens (tertiary/aromatic N) is 3. The van der Waals surface area contributed by atoms with Crippen LogP contribution in [0.3, 0.4) is 0 Å². The van der Waals surface area contributed by atoms with Crippen molar-refractivity contribution in [1.82, 2.24) is 14.8 Å². The van der Waals surface area contributed by atoms with Gasteiger partial charge in [0.25, 0.3) is 0 Å². The molecule has 0 saturated heterocycles. The molecule has 152 valence electrons. The molecular formula is C21H23ClN4O2S. The minimum Gasteiger partial charge on any atom is -0.482 e. The fourth-order valence-corrected chi connectivity index (χ4v) is 3.70. The Morgan fingerprint density at radius 2 is 2.00 bits per heavy atom. The number of ether oxygens (including phenoxy) is 1. The van der Waals surface area contributed by atoms with Gasteiger partial charge in [-0.05, 0) is 56.2 Å². The molecule has 1 N–H and O–H groups in total. The number of rotatable bonds is 7. The quantitative estimate of drug-likeness (QED) is 0.536. The van der Waals surface area contributed by atoms with Gasteiger partial charge in [0.1, 0.15) is 5.75 Å². The summed E-state index contributed by atoms with van der Waals surface area (Å²) in [5.41, 5.74) is 2.95. The number of aromatic nitrogens is 3. The Balaban J connectivity index is 1.61. The van der Waals surface area contributed by atoms with Gasteiger partial charge >= 0.3 is 0 Å². The minimum atomic E-state index is -0.275. The summed E-state index contributed by atoms with van der Waals surface area (Å²) in [4.78, 5) is 12.2. The molecule has 1 heterocycles. The summed E-state index contributed by atoms with van der Waals surface area (Å²) >= 11 is 7.26.